The lowest BCUT2D eigenvalue weighted by Gasteiger charge is -2.28. The van der Waals surface area contributed by atoms with Gasteiger partial charge < -0.3 is 69.1 Å². The number of benzene rings is 2. The molecule has 0 saturated carbocycles. The Kier molecular flexibility index (Phi) is 28.9. The molecule has 11 atom stereocenters. The molecule has 0 radical (unpaired) electrons. The van der Waals surface area contributed by atoms with Crippen molar-refractivity contribution >= 4 is 71.0 Å². The number of hydrogen-bond donors (Lipinski definition) is 13. The third kappa shape index (κ3) is 24.5. The van der Waals surface area contributed by atoms with Crippen LogP contribution in [0.3, 0.4) is 0 Å². The quantitative estimate of drug-likeness (QED) is 0.0402. The standard InChI is InChI=1S/C54H81N11O14/c1-10-30(5)44(64-48(72)34(9)58-41(66)27-57-49(73)39(25-35-18-14-12-15-19-35)63-50(74)38(24-29(3)4)62-46(70)32(7)55)52(76)59-33(8)47(71)56-28-42(67)60-40(26-36-20-16-13-17-21-36)51(75)65-45(31(6)11-2)53(77)61-37(54(78)79)22-23-43(68)69/h12-21,29-34,37-40,44-45H,10-11,22-28,55H2,1-9H3,(H,56,71)(H,57,73)(H,58,66)(H,59,76)(H,60,67)(H,61,77)(H,62,70)(H,63,74)(H,64,72)(H,65,75)(H,68,69)(H,78,79)/t30-,31-,32-,33-,34-,37-,38-,39-,40-,44-,45-/m0/s1. The molecule has 14 N–H and O–H groups in total. The largest absolute Gasteiger partial charge is 0.481 e. The normalized spacial score (nSPS) is 15.2. The van der Waals surface area contributed by atoms with Gasteiger partial charge >= 0.3 is 11.9 Å². The number of nitrogens with one attached hydrogen (secondary N) is 10. The highest BCUT2D eigenvalue weighted by molar-refractivity contribution is 5.98. The molecule has 0 saturated heterocycles. The number of carbonyl (C=O) groups excluding carboxylic acids is 10. The molecule has 0 unspecified atom stereocenters. The molecule has 0 aliphatic heterocycles. The zero-order valence-corrected chi connectivity index (χ0v) is 46.4. The summed E-state index contributed by atoms with van der Waals surface area (Å²) in [5.74, 6) is -11.4. The van der Waals surface area contributed by atoms with Gasteiger partial charge in [-0.1, -0.05) is 115 Å². The average molecular weight is 1110 g/mol. The number of carboxylic acid groups (broad SMARTS) is 2. The second kappa shape index (κ2) is 34.0. The first-order valence-electron chi connectivity index (χ1n) is 26.4. The van der Waals surface area contributed by atoms with E-state index < -0.39 is 163 Å². The van der Waals surface area contributed by atoms with Crippen LogP contribution in [-0.2, 0) is 70.4 Å². The van der Waals surface area contributed by atoms with Gasteiger partial charge in [-0.3, -0.25) is 52.7 Å². The fourth-order valence-corrected chi connectivity index (χ4v) is 7.70. The van der Waals surface area contributed by atoms with E-state index in [2.05, 4.69) is 53.2 Å². The van der Waals surface area contributed by atoms with Crippen molar-refractivity contribution < 1.29 is 67.7 Å². The first-order valence-corrected chi connectivity index (χ1v) is 26.4. The maximum Gasteiger partial charge on any atom is 0.326 e. The molecule has 0 aromatic heterocycles. The van der Waals surface area contributed by atoms with Crippen LogP contribution in [0.5, 0.6) is 0 Å². The van der Waals surface area contributed by atoms with Crippen molar-refractivity contribution in [3.05, 3.63) is 71.8 Å². The Morgan fingerprint density at radius 2 is 0.873 bits per heavy atom. The maximum atomic E-state index is 13.8. The van der Waals surface area contributed by atoms with Crippen molar-refractivity contribution in [2.24, 2.45) is 23.5 Å². The van der Waals surface area contributed by atoms with Crippen LogP contribution >= 0.6 is 0 Å². The topological polar surface area (TPSA) is 392 Å². The number of carboxylic acids is 2. The highest BCUT2D eigenvalue weighted by atomic mass is 16.4. The van der Waals surface area contributed by atoms with E-state index in [4.69, 9.17) is 10.8 Å². The van der Waals surface area contributed by atoms with Gasteiger partial charge in [0.1, 0.15) is 48.3 Å². The summed E-state index contributed by atoms with van der Waals surface area (Å²) in [5, 5.41) is 43.9. The molecule has 436 valence electrons. The predicted molar refractivity (Wildman–Crippen MR) is 290 cm³/mol. The number of carbonyl (C=O) groups is 12. The van der Waals surface area contributed by atoms with E-state index in [-0.39, 0.29) is 25.2 Å². The SMILES string of the molecule is CC[C@H](C)[C@H](NC(=O)[C@H](C)NC(=O)CNC(=O)[C@H](Cc1ccccc1)NC(=O)[C@H](CC(C)C)NC(=O)[C@H](C)N)C(=O)N[C@@H](C)C(=O)NCC(=O)N[C@@H](Cc1ccccc1)C(=O)N[C@H](C(=O)N[C@@H](CCC(=O)O)C(=O)O)[C@@H](C)CC. The molecule has 0 aliphatic rings. The first-order chi connectivity index (χ1) is 37.2. The molecule has 2 aromatic carbocycles. The Morgan fingerprint density at radius 1 is 0.456 bits per heavy atom. The number of hydrogen-bond acceptors (Lipinski definition) is 13. The van der Waals surface area contributed by atoms with Crippen molar-refractivity contribution in [3.63, 3.8) is 0 Å². The van der Waals surface area contributed by atoms with E-state index in [1.165, 1.54) is 20.8 Å². The molecule has 0 heterocycles. The lowest BCUT2D eigenvalue weighted by atomic mass is 9.96. The summed E-state index contributed by atoms with van der Waals surface area (Å²) < 4.78 is 0. The van der Waals surface area contributed by atoms with Gasteiger partial charge in [0.2, 0.25) is 59.1 Å². The Bertz CT molecular complexity index is 2410. The molecule has 0 spiro atoms. The zero-order chi connectivity index (χ0) is 59.5. The smallest absolute Gasteiger partial charge is 0.326 e. The minimum atomic E-state index is -1.56. The van der Waals surface area contributed by atoms with Crippen LogP contribution in [-0.4, -0.2) is 149 Å². The molecule has 2 rings (SSSR count). The van der Waals surface area contributed by atoms with Crippen molar-refractivity contribution in [2.45, 2.75) is 162 Å². The predicted octanol–water partition coefficient (Wildman–Crippen LogP) is -0.943. The van der Waals surface area contributed by atoms with E-state index in [0.29, 0.717) is 24.0 Å². The van der Waals surface area contributed by atoms with Crippen LogP contribution < -0.4 is 58.9 Å². The van der Waals surface area contributed by atoms with Gasteiger partial charge in [0.25, 0.3) is 0 Å². The van der Waals surface area contributed by atoms with Crippen LogP contribution in [0.2, 0.25) is 0 Å². The van der Waals surface area contributed by atoms with E-state index in [1.54, 1.807) is 88.4 Å². The van der Waals surface area contributed by atoms with Crippen LogP contribution in [0, 0.1) is 17.8 Å². The van der Waals surface area contributed by atoms with Crippen molar-refractivity contribution in [1.29, 1.82) is 0 Å². The van der Waals surface area contributed by atoms with Gasteiger partial charge in [0, 0.05) is 19.3 Å². The minimum absolute atomic E-state index is 0.0174. The fourth-order valence-electron chi connectivity index (χ4n) is 7.70. The van der Waals surface area contributed by atoms with Gasteiger partial charge in [-0.25, -0.2) is 4.79 Å². The lowest BCUT2D eigenvalue weighted by molar-refractivity contribution is -0.144. The molecule has 2 aromatic rings. The summed E-state index contributed by atoms with van der Waals surface area (Å²) in [7, 11) is 0. The third-order valence-electron chi connectivity index (χ3n) is 12.8. The lowest BCUT2D eigenvalue weighted by Crippen LogP contribution is -2.59. The van der Waals surface area contributed by atoms with Crippen molar-refractivity contribution in [1.82, 2.24) is 53.2 Å². The zero-order valence-electron chi connectivity index (χ0n) is 46.4. The highest BCUT2D eigenvalue weighted by Crippen LogP contribution is 2.13. The van der Waals surface area contributed by atoms with E-state index in [1.807, 2.05) is 13.8 Å². The van der Waals surface area contributed by atoms with E-state index in [9.17, 15) is 62.6 Å². The summed E-state index contributed by atoms with van der Waals surface area (Å²) in [6.45, 7) is 13.4. The second-order valence-corrected chi connectivity index (χ2v) is 20.1. The Morgan fingerprint density at radius 3 is 1.34 bits per heavy atom. The molecule has 79 heavy (non-hydrogen) atoms. The van der Waals surface area contributed by atoms with E-state index in [0.717, 1.165) is 0 Å². The third-order valence-corrected chi connectivity index (χ3v) is 12.8. The molecule has 25 heteroatoms. The van der Waals surface area contributed by atoms with Gasteiger partial charge in [-0.2, -0.15) is 0 Å². The van der Waals surface area contributed by atoms with Crippen LogP contribution in [0.25, 0.3) is 0 Å². The first kappa shape index (κ1) is 67.2. The Hall–Kier alpha value is -7.96. The number of nitrogens with two attached hydrogens (primary N) is 1. The Labute approximate surface area is 460 Å². The molecule has 0 bridgehead atoms. The van der Waals surface area contributed by atoms with Crippen molar-refractivity contribution in [3.8, 4) is 0 Å². The fraction of sp³-hybridized carbons (Fsp3) is 0.556. The molecule has 0 aliphatic carbocycles. The van der Waals surface area contributed by atoms with E-state index >= 15 is 0 Å². The summed E-state index contributed by atoms with van der Waals surface area (Å²) in [6, 6.07) is 6.35. The Balaban J connectivity index is 2.10. The van der Waals surface area contributed by atoms with Crippen LogP contribution in [0.4, 0.5) is 0 Å². The van der Waals surface area contributed by atoms with Crippen LogP contribution in [0.1, 0.15) is 106 Å². The number of rotatable bonds is 34. The minimum Gasteiger partial charge on any atom is -0.481 e. The second-order valence-electron chi connectivity index (χ2n) is 20.1. The van der Waals surface area contributed by atoms with Gasteiger partial charge in [-0.15, -0.1) is 0 Å². The number of aliphatic carboxylic acids is 2. The highest BCUT2D eigenvalue weighted by Gasteiger charge is 2.35. The summed E-state index contributed by atoms with van der Waals surface area (Å²) in [6.07, 6.45) is 0.00551. The molecular weight excluding hydrogens is 1030 g/mol. The van der Waals surface area contributed by atoms with Gasteiger partial charge in [0.05, 0.1) is 19.1 Å². The maximum absolute atomic E-state index is 13.8. The van der Waals surface area contributed by atoms with Crippen LogP contribution in [0.15, 0.2) is 60.7 Å². The van der Waals surface area contributed by atoms with Crippen molar-refractivity contribution in [2.75, 3.05) is 13.1 Å². The van der Waals surface area contributed by atoms with Gasteiger partial charge in [-0.05, 0) is 62.5 Å². The molecular formula is C54H81N11O14. The van der Waals surface area contributed by atoms with Gasteiger partial charge in [0.15, 0.2) is 0 Å². The molecule has 25 nitrogen and oxygen atoms in total. The summed E-state index contributed by atoms with van der Waals surface area (Å²) in [5.41, 5.74) is 7.02. The average Bonchev–Trinajstić information content (AvgIpc) is 3.40. The number of amides is 10. The summed E-state index contributed by atoms with van der Waals surface area (Å²) in [4.78, 5) is 156. The molecule has 0 fully saturated rings. The monoisotopic (exact) mass is 1110 g/mol. The molecule has 10 amide bonds. The summed E-state index contributed by atoms with van der Waals surface area (Å²) >= 11 is 0.